The van der Waals surface area contributed by atoms with E-state index in [1.807, 2.05) is 37.3 Å². The highest BCUT2D eigenvalue weighted by Crippen LogP contribution is 2.59. The second kappa shape index (κ2) is 7.26. The van der Waals surface area contributed by atoms with E-state index in [-0.39, 0.29) is 29.1 Å². The zero-order valence-electron chi connectivity index (χ0n) is 16.5. The molecule has 31 heavy (non-hydrogen) atoms. The number of hydrogen-bond acceptors (Lipinski definition) is 4. The van der Waals surface area contributed by atoms with E-state index >= 15 is 0 Å². The third-order valence-electron chi connectivity index (χ3n) is 6.05. The molecule has 2 N–H and O–H groups in total. The van der Waals surface area contributed by atoms with Crippen LogP contribution in [0, 0.1) is 23.5 Å². The molecule has 9 heteroatoms. The number of carbonyl (C=O) groups is 2. The summed E-state index contributed by atoms with van der Waals surface area (Å²) in [5.74, 6) is -3.09. The predicted molar refractivity (Wildman–Crippen MR) is 107 cm³/mol. The minimum atomic E-state index is -0.887. The Kier molecular flexibility index (Phi) is 4.53. The van der Waals surface area contributed by atoms with E-state index < -0.39 is 29.5 Å². The Hall–Kier alpha value is -3.62. The van der Waals surface area contributed by atoms with Crippen LogP contribution in [0.15, 0.2) is 48.7 Å². The van der Waals surface area contributed by atoms with E-state index in [0.29, 0.717) is 12.1 Å². The van der Waals surface area contributed by atoms with Gasteiger partial charge in [0.2, 0.25) is 5.91 Å². The minimum absolute atomic E-state index is 0.00920. The molecular formula is C22H19F2N5O2. The smallest absolute Gasteiger partial charge is 0.274 e. The Bertz CT molecular complexity index is 1180. The fourth-order valence-electron chi connectivity index (χ4n) is 4.49. The maximum absolute atomic E-state index is 14.3. The van der Waals surface area contributed by atoms with Gasteiger partial charge in [-0.2, -0.15) is 0 Å². The molecule has 1 fully saturated rings. The van der Waals surface area contributed by atoms with Gasteiger partial charge in [-0.15, -0.1) is 5.10 Å². The topological polar surface area (TPSA) is 88.9 Å². The lowest BCUT2D eigenvalue weighted by atomic mass is 10.0. The molecule has 1 aromatic heterocycles. The number of amides is 2. The third kappa shape index (κ3) is 3.45. The maximum atomic E-state index is 14.3. The second-order valence-electron chi connectivity index (χ2n) is 8.04. The molecule has 0 spiro atoms. The van der Waals surface area contributed by atoms with E-state index in [1.165, 1.54) is 16.9 Å². The Balaban J connectivity index is 1.34. The number of rotatable bonds is 4. The molecule has 3 aromatic rings. The standard InChI is InChI=1S/C22H19F2N5O2/c1-11-17-14-7-13(23)8-15(24)19(14)25-22(31)20(18(11)17)26-21(30)16-10-29(28-27-16)9-12-5-3-2-4-6-12/h2-8,10-11,17-18,20H,9H2,1H3,(H,25,31)(H,26,30)/t11-,17-,18?,20-/m0/s1. The summed E-state index contributed by atoms with van der Waals surface area (Å²) in [6, 6.07) is 10.7. The molecule has 1 unspecified atom stereocenters. The van der Waals surface area contributed by atoms with Crippen molar-refractivity contribution in [2.45, 2.75) is 25.4 Å². The number of anilines is 1. The first-order chi connectivity index (χ1) is 14.9. The first kappa shape index (κ1) is 19.3. The van der Waals surface area contributed by atoms with E-state index in [4.69, 9.17) is 0 Å². The van der Waals surface area contributed by atoms with Crippen LogP contribution >= 0.6 is 0 Å². The van der Waals surface area contributed by atoms with Crippen molar-refractivity contribution in [3.8, 4) is 0 Å². The molecule has 1 aliphatic carbocycles. The zero-order chi connectivity index (χ0) is 21.7. The number of nitrogens with zero attached hydrogens (tertiary/aromatic N) is 3. The fourth-order valence-corrected chi connectivity index (χ4v) is 4.49. The van der Waals surface area contributed by atoms with Crippen LogP contribution in [0.3, 0.4) is 0 Å². The van der Waals surface area contributed by atoms with Crippen LogP contribution in [0.5, 0.6) is 0 Å². The number of fused-ring (bicyclic) bond motifs is 3. The van der Waals surface area contributed by atoms with Gasteiger partial charge in [0.1, 0.15) is 17.7 Å². The molecule has 2 heterocycles. The van der Waals surface area contributed by atoms with Gasteiger partial charge < -0.3 is 10.6 Å². The molecule has 1 aliphatic heterocycles. The van der Waals surface area contributed by atoms with Crippen LogP contribution in [-0.4, -0.2) is 32.9 Å². The highest BCUT2D eigenvalue weighted by Gasteiger charge is 2.57. The van der Waals surface area contributed by atoms with Crippen molar-refractivity contribution in [2.24, 2.45) is 11.8 Å². The van der Waals surface area contributed by atoms with E-state index in [0.717, 1.165) is 11.6 Å². The molecule has 0 bridgehead atoms. The number of carbonyl (C=O) groups excluding carboxylic acids is 2. The number of nitrogens with one attached hydrogen (secondary N) is 2. The van der Waals surface area contributed by atoms with Gasteiger partial charge in [0.15, 0.2) is 5.69 Å². The molecule has 7 nitrogen and oxygen atoms in total. The molecule has 5 rings (SSSR count). The predicted octanol–water partition coefficient (Wildman–Crippen LogP) is 2.70. The lowest BCUT2D eigenvalue weighted by Crippen LogP contribution is -2.45. The van der Waals surface area contributed by atoms with Gasteiger partial charge >= 0.3 is 0 Å². The molecule has 158 valence electrons. The summed E-state index contributed by atoms with van der Waals surface area (Å²) in [4.78, 5) is 25.5. The Morgan fingerprint density at radius 3 is 2.77 bits per heavy atom. The fraction of sp³-hybridized carbons (Fsp3) is 0.273. The molecule has 0 saturated heterocycles. The number of aromatic nitrogens is 3. The summed E-state index contributed by atoms with van der Waals surface area (Å²) in [7, 11) is 0. The van der Waals surface area contributed by atoms with Crippen LogP contribution < -0.4 is 10.6 Å². The SMILES string of the molecule is C[C@@H]1C2[C@H](NC(=O)c3cn(Cc4ccccc4)nn3)C(=O)Nc3c(F)cc(F)cc3[C@@H]21. The molecule has 2 aromatic carbocycles. The largest absolute Gasteiger partial charge is 0.338 e. The first-order valence-electron chi connectivity index (χ1n) is 9.97. The van der Waals surface area contributed by atoms with Crippen molar-refractivity contribution in [1.29, 1.82) is 0 Å². The highest BCUT2D eigenvalue weighted by molar-refractivity contribution is 6.02. The number of halogens is 2. The Labute approximate surface area is 176 Å². The van der Waals surface area contributed by atoms with Gasteiger partial charge in [0.05, 0.1) is 18.4 Å². The lowest BCUT2D eigenvalue weighted by molar-refractivity contribution is -0.118. The van der Waals surface area contributed by atoms with Gasteiger partial charge in [-0.3, -0.25) is 9.59 Å². The molecular weight excluding hydrogens is 404 g/mol. The minimum Gasteiger partial charge on any atom is -0.338 e. The maximum Gasteiger partial charge on any atom is 0.274 e. The molecule has 2 aliphatic rings. The summed E-state index contributed by atoms with van der Waals surface area (Å²) in [5.41, 5.74) is 1.49. The van der Waals surface area contributed by atoms with Gasteiger partial charge in [-0.25, -0.2) is 13.5 Å². The average Bonchev–Trinajstić information content (AvgIpc) is 3.20. The van der Waals surface area contributed by atoms with Crippen molar-refractivity contribution in [3.05, 3.63) is 77.1 Å². The molecule has 4 atom stereocenters. The Morgan fingerprint density at radius 2 is 2.00 bits per heavy atom. The normalized spacial score (nSPS) is 23.9. The van der Waals surface area contributed by atoms with E-state index in [1.54, 1.807) is 0 Å². The summed E-state index contributed by atoms with van der Waals surface area (Å²) < 4.78 is 29.6. The van der Waals surface area contributed by atoms with Gasteiger partial charge in [0, 0.05) is 6.07 Å². The number of hydrogen-bond donors (Lipinski definition) is 2. The molecule has 0 radical (unpaired) electrons. The van der Waals surface area contributed by atoms with Crippen molar-refractivity contribution in [3.63, 3.8) is 0 Å². The van der Waals surface area contributed by atoms with E-state index in [9.17, 15) is 18.4 Å². The van der Waals surface area contributed by atoms with Crippen molar-refractivity contribution in [2.75, 3.05) is 5.32 Å². The Morgan fingerprint density at radius 1 is 1.23 bits per heavy atom. The highest BCUT2D eigenvalue weighted by atomic mass is 19.1. The quantitative estimate of drug-likeness (QED) is 0.675. The number of benzene rings is 2. The average molecular weight is 423 g/mol. The van der Waals surface area contributed by atoms with Crippen LogP contribution in [0.4, 0.5) is 14.5 Å². The van der Waals surface area contributed by atoms with Crippen LogP contribution in [0.25, 0.3) is 0 Å². The van der Waals surface area contributed by atoms with Gasteiger partial charge in [-0.05, 0) is 34.9 Å². The van der Waals surface area contributed by atoms with Crippen LogP contribution in [0.1, 0.15) is 34.5 Å². The van der Waals surface area contributed by atoms with E-state index in [2.05, 4.69) is 20.9 Å². The summed E-state index contributed by atoms with van der Waals surface area (Å²) in [6.07, 6.45) is 1.51. The summed E-state index contributed by atoms with van der Waals surface area (Å²) >= 11 is 0. The summed E-state index contributed by atoms with van der Waals surface area (Å²) in [6.45, 7) is 2.35. The summed E-state index contributed by atoms with van der Waals surface area (Å²) in [5, 5.41) is 13.1. The zero-order valence-corrected chi connectivity index (χ0v) is 16.5. The van der Waals surface area contributed by atoms with Crippen LogP contribution in [0.2, 0.25) is 0 Å². The second-order valence-corrected chi connectivity index (χ2v) is 8.04. The van der Waals surface area contributed by atoms with Crippen LogP contribution in [-0.2, 0) is 11.3 Å². The monoisotopic (exact) mass is 423 g/mol. The van der Waals surface area contributed by atoms with Crippen molar-refractivity contribution >= 4 is 17.5 Å². The first-order valence-corrected chi connectivity index (χ1v) is 9.97. The van der Waals surface area contributed by atoms with Gasteiger partial charge in [0.25, 0.3) is 5.91 Å². The van der Waals surface area contributed by atoms with Gasteiger partial charge in [-0.1, -0.05) is 42.5 Å². The van der Waals surface area contributed by atoms with Crippen molar-refractivity contribution < 1.29 is 18.4 Å². The third-order valence-corrected chi connectivity index (χ3v) is 6.05. The molecule has 2 amide bonds. The van der Waals surface area contributed by atoms with Crippen molar-refractivity contribution in [1.82, 2.24) is 20.3 Å². The lowest BCUT2D eigenvalue weighted by Gasteiger charge is -2.17. The molecule has 1 saturated carbocycles.